The highest BCUT2D eigenvalue weighted by Crippen LogP contribution is 2.33. The maximum atomic E-state index is 13.9. The molecular formula is C13H14F2N2O. The molecule has 0 saturated carbocycles. The SMILES string of the molecule is CC1CCN(c2c(F)cc(C#N)cc2F)C1CO. The zero-order chi connectivity index (χ0) is 13.3. The summed E-state index contributed by atoms with van der Waals surface area (Å²) in [4.78, 5) is 1.55. The van der Waals surface area contributed by atoms with Crippen LogP contribution in [0.2, 0.25) is 0 Å². The Morgan fingerprint density at radius 1 is 1.44 bits per heavy atom. The van der Waals surface area contributed by atoms with Crippen LogP contribution in [-0.4, -0.2) is 24.3 Å². The smallest absolute Gasteiger partial charge is 0.150 e. The molecular weight excluding hydrogens is 238 g/mol. The van der Waals surface area contributed by atoms with Crippen molar-refractivity contribution < 1.29 is 13.9 Å². The van der Waals surface area contributed by atoms with Crippen molar-refractivity contribution in [1.82, 2.24) is 0 Å². The summed E-state index contributed by atoms with van der Waals surface area (Å²) in [7, 11) is 0. The van der Waals surface area contributed by atoms with E-state index >= 15 is 0 Å². The summed E-state index contributed by atoms with van der Waals surface area (Å²) in [5.74, 6) is -1.32. The van der Waals surface area contributed by atoms with Crippen LogP contribution in [0.3, 0.4) is 0 Å². The monoisotopic (exact) mass is 252 g/mol. The fraction of sp³-hybridized carbons (Fsp3) is 0.462. The van der Waals surface area contributed by atoms with Gasteiger partial charge in [0.15, 0.2) is 11.6 Å². The molecule has 5 heteroatoms. The number of benzene rings is 1. The molecule has 96 valence electrons. The van der Waals surface area contributed by atoms with Crippen LogP contribution < -0.4 is 4.90 Å². The Balaban J connectivity index is 2.43. The van der Waals surface area contributed by atoms with Crippen LogP contribution in [0.5, 0.6) is 0 Å². The second-order valence-electron chi connectivity index (χ2n) is 4.61. The van der Waals surface area contributed by atoms with E-state index in [0.29, 0.717) is 6.54 Å². The Labute approximate surface area is 104 Å². The standard InChI is InChI=1S/C13H14F2N2O/c1-8-2-3-17(12(8)7-18)13-10(14)4-9(6-16)5-11(13)15/h4-5,8,12,18H,2-3,7H2,1H3. The van der Waals surface area contributed by atoms with E-state index in [1.54, 1.807) is 11.0 Å². The molecule has 0 bridgehead atoms. The largest absolute Gasteiger partial charge is 0.394 e. The molecule has 1 aromatic rings. The van der Waals surface area contributed by atoms with Crippen LogP contribution in [0.1, 0.15) is 18.9 Å². The first-order valence-electron chi connectivity index (χ1n) is 5.85. The number of nitriles is 1. The molecule has 2 unspecified atom stereocenters. The van der Waals surface area contributed by atoms with Gasteiger partial charge in [-0.25, -0.2) is 8.78 Å². The third-order valence-corrected chi connectivity index (χ3v) is 3.50. The normalized spacial score (nSPS) is 23.2. The second-order valence-corrected chi connectivity index (χ2v) is 4.61. The van der Waals surface area contributed by atoms with E-state index < -0.39 is 11.6 Å². The number of hydrogen-bond acceptors (Lipinski definition) is 3. The first kappa shape index (κ1) is 12.8. The Bertz CT molecular complexity index is 475. The van der Waals surface area contributed by atoms with Gasteiger partial charge in [-0.15, -0.1) is 0 Å². The van der Waals surface area contributed by atoms with E-state index in [4.69, 9.17) is 5.26 Å². The molecule has 3 nitrogen and oxygen atoms in total. The number of anilines is 1. The van der Waals surface area contributed by atoms with Gasteiger partial charge in [-0.2, -0.15) is 5.26 Å². The molecule has 0 radical (unpaired) electrons. The maximum absolute atomic E-state index is 13.9. The molecule has 1 aliphatic heterocycles. The lowest BCUT2D eigenvalue weighted by Gasteiger charge is -2.28. The first-order valence-corrected chi connectivity index (χ1v) is 5.85. The summed E-state index contributed by atoms with van der Waals surface area (Å²) < 4.78 is 27.7. The van der Waals surface area contributed by atoms with Gasteiger partial charge < -0.3 is 10.0 Å². The van der Waals surface area contributed by atoms with Gasteiger partial charge in [0.1, 0.15) is 5.69 Å². The van der Waals surface area contributed by atoms with Gasteiger partial charge in [0.25, 0.3) is 0 Å². The van der Waals surface area contributed by atoms with Crippen molar-refractivity contribution in [3.63, 3.8) is 0 Å². The van der Waals surface area contributed by atoms with Gasteiger partial charge in [0.05, 0.1) is 24.3 Å². The number of halogens is 2. The van der Waals surface area contributed by atoms with E-state index in [2.05, 4.69) is 0 Å². The molecule has 0 aliphatic carbocycles. The fourth-order valence-corrected chi connectivity index (χ4v) is 2.47. The Morgan fingerprint density at radius 2 is 2.06 bits per heavy atom. The number of aliphatic hydroxyl groups is 1. The van der Waals surface area contributed by atoms with E-state index in [-0.39, 0.29) is 29.8 Å². The van der Waals surface area contributed by atoms with Crippen LogP contribution in [0.15, 0.2) is 12.1 Å². The number of aliphatic hydroxyl groups excluding tert-OH is 1. The van der Waals surface area contributed by atoms with Crippen LogP contribution >= 0.6 is 0 Å². The van der Waals surface area contributed by atoms with Crippen molar-refractivity contribution in [2.45, 2.75) is 19.4 Å². The molecule has 1 aromatic carbocycles. The van der Waals surface area contributed by atoms with E-state index in [0.717, 1.165) is 18.6 Å². The molecule has 1 N–H and O–H groups in total. The van der Waals surface area contributed by atoms with Gasteiger partial charge in [-0.3, -0.25) is 0 Å². The third kappa shape index (κ3) is 2.04. The molecule has 18 heavy (non-hydrogen) atoms. The summed E-state index contributed by atoms with van der Waals surface area (Å²) in [5.41, 5.74) is -0.182. The van der Waals surface area contributed by atoms with Gasteiger partial charge in [0, 0.05) is 6.54 Å². The lowest BCUT2D eigenvalue weighted by atomic mass is 10.0. The van der Waals surface area contributed by atoms with Crippen LogP contribution in [-0.2, 0) is 0 Å². The van der Waals surface area contributed by atoms with Gasteiger partial charge in [-0.05, 0) is 24.5 Å². The van der Waals surface area contributed by atoms with E-state index in [1.807, 2.05) is 6.92 Å². The number of rotatable bonds is 2. The molecule has 1 saturated heterocycles. The molecule has 2 atom stereocenters. The zero-order valence-corrected chi connectivity index (χ0v) is 10.0. The molecule has 0 aromatic heterocycles. The predicted molar refractivity (Wildman–Crippen MR) is 63.1 cm³/mol. The van der Waals surface area contributed by atoms with Crippen LogP contribution in [0.25, 0.3) is 0 Å². The molecule has 2 rings (SSSR count). The van der Waals surface area contributed by atoms with E-state index in [1.165, 1.54) is 0 Å². The minimum absolute atomic E-state index is 0.0402. The van der Waals surface area contributed by atoms with Crippen molar-refractivity contribution >= 4 is 5.69 Å². The van der Waals surface area contributed by atoms with Crippen molar-refractivity contribution in [2.24, 2.45) is 5.92 Å². The Hall–Kier alpha value is -1.67. The molecule has 1 aliphatic rings. The summed E-state index contributed by atoms with van der Waals surface area (Å²) in [5, 5.41) is 18.0. The summed E-state index contributed by atoms with van der Waals surface area (Å²) in [6, 6.07) is 3.48. The zero-order valence-electron chi connectivity index (χ0n) is 10.0. The third-order valence-electron chi connectivity index (χ3n) is 3.50. The summed E-state index contributed by atoms with van der Waals surface area (Å²) in [6.07, 6.45) is 0.782. The quantitative estimate of drug-likeness (QED) is 0.876. The van der Waals surface area contributed by atoms with Crippen molar-refractivity contribution in [1.29, 1.82) is 5.26 Å². The summed E-state index contributed by atoms with van der Waals surface area (Å²) in [6.45, 7) is 2.31. The van der Waals surface area contributed by atoms with Crippen molar-refractivity contribution in [3.8, 4) is 6.07 Å². The number of nitrogens with zero attached hydrogens (tertiary/aromatic N) is 2. The topological polar surface area (TPSA) is 47.3 Å². The average Bonchev–Trinajstić information content (AvgIpc) is 2.69. The minimum Gasteiger partial charge on any atom is -0.394 e. The Morgan fingerprint density at radius 3 is 2.56 bits per heavy atom. The maximum Gasteiger partial charge on any atom is 0.150 e. The van der Waals surface area contributed by atoms with Gasteiger partial charge >= 0.3 is 0 Å². The van der Waals surface area contributed by atoms with E-state index in [9.17, 15) is 13.9 Å². The van der Waals surface area contributed by atoms with Crippen molar-refractivity contribution in [2.75, 3.05) is 18.1 Å². The molecule has 1 fully saturated rings. The van der Waals surface area contributed by atoms with Crippen LogP contribution in [0, 0.1) is 28.9 Å². The minimum atomic E-state index is -0.751. The highest BCUT2D eigenvalue weighted by molar-refractivity contribution is 5.54. The predicted octanol–water partition coefficient (Wildman–Crippen LogP) is 2.04. The number of hydrogen-bond donors (Lipinski definition) is 1. The fourth-order valence-electron chi connectivity index (χ4n) is 2.47. The van der Waals surface area contributed by atoms with Gasteiger partial charge in [-0.1, -0.05) is 6.92 Å². The lowest BCUT2D eigenvalue weighted by molar-refractivity contribution is 0.244. The molecule has 1 heterocycles. The van der Waals surface area contributed by atoms with Crippen LogP contribution in [0.4, 0.5) is 14.5 Å². The summed E-state index contributed by atoms with van der Waals surface area (Å²) >= 11 is 0. The highest BCUT2D eigenvalue weighted by Gasteiger charge is 2.33. The lowest BCUT2D eigenvalue weighted by Crippen LogP contribution is -2.36. The molecule has 0 spiro atoms. The first-order chi connectivity index (χ1) is 8.58. The highest BCUT2D eigenvalue weighted by atomic mass is 19.1. The molecule has 0 amide bonds. The second kappa shape index (κ2) is 4.91. The van der Waals surface area contributed by atoms with Gasteiger partial charge in [0.2, 0.25) is 0 Å². The average molecular weight is 252 g/mol. The Kier molecular flexibility index (Phi) is 3.48. The van der Waals surface area contributed by atoms with Crippen molar-refractivity contribution in [3.05, 3.63) is 29.3 Å².